The normalized spacial score (nSPS) is 31.5. The second-order valence-corrected chi connectivity index (χ2v) is 5.33. The van der Waals surface area contributed by atoms with Crippen LogP contribution in [-0.2, 0) is 0 Å². The van der Waals surface area contributed by atoms with Crippen LogP contribution in [0.5, 0.6) is 0 Å². The highest BCUT2D eigenvalue weighted by molar-refractivity contribution is 5.02. The van der Waals surface area contributed by atoms with Gasteiger partial charge in [0.05, 0.1) is 0 Å². The van der Waals surface area contributed by atoms with E-state index in [9.17, 15) is 0 Å². The molecule has 2 atom stereocenters. The molecule has 0 radical (unpaired) electrons. The first-order valence-electron chi connectivity index (χ1n) is 6.75. The molecular weight excluding hydrogens is 198 g/mol. The standard InChI is InChI=1S/C13H29N3/c1-5-7-8-16(6-2)13(10-14)9-12(3)15(4)11-13/h12H,5-11,14H2,1-4H3. The van der Waals surface area contributed by atoms with E-state index in [-0.39, 0.29) is 5.54 Å². The minimum Gasteiger partial charge on any atom is -0.329 e. The lowest BCUT2D eigenvalue weighted by molar-refractivity contribution is 0.106. The van der Waals surface area contributed by atoms with Crippen molar-refractivity contribution in [2.24, 2.45) is 5.73 Å². The Morgan fingerprint density at radius 1 is 1.44 bits per heavy atom. The largest absolute Gasteiger partial charge is 0.329 e. The monoisotopic (exact) mass is 227 g/mol. The van der Waals surface area contributed by atoms with Crippen molar-refractivity contribution >= 4 is 0 Å². The van der Waals surface area contributed by atoms with Gasteiger partial charge in [-0.15, -0.1) is 0 Å². The van der Waals surface area contributed by atoms with Gasteiger partial charge in [-0.25, -0.2) is 0 Å². The van der Waals surface area contributed by atoms with Crippen molar-refractivity contribution in [1.29, 1.82) is 0 Å². The Balaban J connectivity index is 2.70. The lowest BCUT2D eigenvalue weighted by atomic mass is 9.93. The van der Waals surface area contributed by atoms with Crippen LogP contribution in [0.4, 0.5) is 0 Å². The van der Waals surface area contributed by atoms with Crippen molar-refractivity contribution < 1.29 is 0 Å². The van der Waals surface area contributed by atoms with Crippen LogP contribution in [0.25, 0.3) is 0 Å². The predicted molar refractivity (Wildman–Crippen MR) is 70.6 cm³/mol. The molecule has 1 heterocycles. The smallest absolute Gasteiger partial charge is 0.0473 e. The number of hydrogen-bond acceptors (Lipinski definition) is 3. The van der Waals surface area contributed by atoms with Crippen LogP contribution in [0.1, 0.15) is 40.0 Å². The minimum absolute atomic E-state index is 0.234. The average molecular weight is 227 g/mol. The van der Waals surface area contributed by atoms with Gasteiger partial charge in [0.25, 0.3) is 0 Å². The number of likely N-dealkylation sites (tertiary alicyclic amines) is 1. The first-order valence-corrected chi connectivity index (χ1v) is 6.75. The summed E-state index contributed by atoms with van der Waals surface area (Å²) in [6, 6.07) is 0.666. The molecule has 16 heavy (non-hydrogen) atoms. The third kappa shape index (κ3) is 2.76. The number of nitrogens with two attached hydrogens (primary N) is 1. The highest BCUT2D eigenvalue weighted by Crippen LogP contribution is 2.30. The van der Waals surface area contributed by atoms with Gasteiger partial charge < -0.3 is 10.6 Å². The fourth-order valence-electron chi connectivity index (χ4n) is 2.98. The zero-order chi connectivity index (χ0) is 12.2. The van der Waals surface area contributed by atoms with Crippen molar-refractivity contribution in [2.45, 2.75) is 51.6 Å². The SMILES string of the molecule is CCCCN(CC)C1(CN)CC(C)N(C)C1. The topological polar surface area (TPSA) is 32.5 Å². The summed E-state index contributed by atoms with van der Waals surface area (Å²) < 4.78 is 0. The fraction of sp³-hybridized carbons (Fsp3) is 1.00. The number of hydrogen-bond donors (Lipinski definition) is 1. The van der Waals surface area contributed by atoms with Gasteiger partial charge in [0.2, 0.25) is 0 Å². The van der Waals surface area contributed by atoms with Crippen molar-refractivity contribution in [3.05, 3.63) is 0 Å². The third-order valence-corrected chi connectivity index (χ3v) is 4.19. The predicted octanol–water partition coefficient (Wildman–Crippen LogP) is 1.53. The summed E-state index contributed by atoms with van der Waals surface area (Å²) in [5, 5.41) is 0. The first kappa shape index (κ1) is 13.9. The summed E-state index contributed by atoms with van der Waals surface area (Å²) in [7, 11) is 2.22. The van der Waals surface area contributed by atoms with E-state index in [1.807, 2.05) is 0 Å². The minimum atomic E-state index is 0.234. The summed E-state index contributed by atoms with van der Waals surface area (Å²) in [5.41, 5.74) is 6.31. The third-order valence-electron chi connectivity index (χ3n) is 4.19. The second-order valence-electron chi connectivity index (χ2n) is 5.33. The molecule has 1 saturated heterocycles. The van der Waals surface area contributed by atoms with Gasteiger partial charge in [-0.1, -0.05) is 20.3 Å². The highest BCUT2D eigenvalue weighted by atomic mass is 15.3. The summed E-state index contributed by atoms with van der Waals surface area (Å²) in [4.78, 5) is 5.05. The number of likely N-dealkylation sites (N-methyl/N-ethyl adjacent to an activating group) is 2. The van der Waals surface area contributed by atoms with E-state index in [0.717, 1.165) is 19.6 Å². The molecule has 0 aromatic carbocycles. The van der Waals surface area contributed by atoms with Crippen LogP contribution >= 0.6 is 0 Å². The van der Waals surface area contributed by atoms with Crippen LogP contribution in [0, 0.1) is 0 Å². The molecule has 0 aromatic heterocycles. The molecule has 1 aliphatic heterocycles. The Bertz CT molecular complexity index is 195. The van der Waals surface area contributed by atoms with Crippen molar-refractivity contribution in [3.63, 3.8) is 0 Å². The Kier molecular flexibility index (Phi) is 5.22. The molecule has 0 bridgehead atoms. The molecular formula is C13H29N3. The van der Waals surface area contributed by atoms with Crippen LogP contribution in [0.2, 0.25) is 0 Å². The summed E-state index contributed by atoms with van der Waals surface area (Å²) in [5.74, 6) is 0. The average Bonchev–Trinajstić information content (AvgIpc) is 2.57. The van der Waals surface area contributed by atoms with E-state index in [2.05, 4.69) is 37.6 Å². The number of unbranched alkanes of at least 4 members (excludes halogenated alkanes) is 1. The maximum atomic E-state index is 6.07. The molecule has 0 amide bonds. The van der Waals surface area contributed by atoms with E-state index in [1.54, 1.807) is 0 Å². The second kappa shape index (κ2) is 5.99. The highest BCUT2D eigenvalue weighted by Gasteiger charge is 2.43. The summed E-state index contributed by atoms with van der Waals surface area (Å²) in [6.45, 7) is 11.1. The number of rotatable bonds is 6. The van der Waals surface area contributed by atoms with Crippen LogP contribution in [-0.4, -0.2) is 54.6 Å². The molecule has 1 rings (SSSR count). The van der Waals surface area contributed by atoms with E-state index in [1.165, 1.54) is 25.8 Å². The van der Waals surface area contributed by atoms with Gasteiger partial charge >= 0.3 is 0 Å². The maximum Gasteiger partial charge on any atom is 0.0473 e. The Morgan fingerprint density at radius 3 is 2.50 bits per heavy atom. The zero-order valence-corrected chi connectivity index (χ0v) is 11.5. The molecule has 96 valence electrons. The maximum absolute atomic E-state index is 6.07. The number of nitrogens with zero attached hydrogens (tertiary/aromatic N) is 2. The lowest BCUT2D eigenvalue weighted by Crippen LogP contribution is -2.55. The molecule has 0 spiro atoms. The summed E-state index contributed by atoms with van der Waals surface area (Å²) in [6.07, 6.45) is 3.77. The zero-order valence-electron chi connectivity index (χ0n) is 11.5. The molecule has 0 aliphatic carbocycles. The van der Waals surface area contributed by atoms with E-state index >= 15 is 0 Å². The van der Waals surface area contributed by atoms with Crippen molar-refractivity contribution in [3.8, 4) is 0 Å². The molecule has 3 heteroatoms. The first-order chi connectivity index (χ1) is 7.59. The van der Waals surface area contributed by atoms with Crippen LogP contribution in [0.15, 0.2) is 0 Å². The summed E-state index contributed by atoms with van der Waals surface area (Å²) >= 11 is 0. The Labute approximate surface area is 101 Å². The molecule has 0 saturated carbocycles. The fourth-order valence-corrected chi connectivity index (χ4v) is 2.98. The molecule has 0 aromatic rings. The lowest BCUT2D eigenvalue weighted by Gasteiger charge is -2.40. The van der Waals surface area contributed by atoms with Gasteiger partial charge in [0.1, 0.15) is 0 Å². The molecule has 1 fully saturated rings. The molecule has 1 aliphatic rings. The van der Waals surface area contributed by atoms with Gasteiger partial charge in [-0.05, 0) is 39.9 Å². The van der Waals surface area contributed by atoms with Crippen molar-refractivity contribution in [1.82, 2.24) is 9.80 Å². The van der Waals surface area contributed by atoms with Gasteiger partial charge in [0, 0.05) is 24.7 Å². The van der Waals surface area contributed by atoms with Gasteiger partial charge in [-0.2, -0.15) is 0 Å². The van der Waals surface area contributed by atoms with Crippen molar-refractivity contribution in [2.75, 3.05) is 33.2 Å². The van der Waals surface area contributed by atoms with E-state index in [4.69, 9.17) is 5.73 Å². The molecule has 2 unspecified atom stereocenters. The quantitative estimate of drug-likeness (QED) is 0.747. The van der Waals surface area contributed by atoms with E-state index < -0.39 is 0 Å². The Morgan fingerprint density at radius 2 is 2.12 bits per heavy atom. The van der Waals surface area contributed by atoms with Crippen LogP contribution < -0.4 is 5.73 Å². The molecule has 2 N–H and O–H groups in total. The van der Waals surface area contributed by atoms with Gasteiger partial charge in [0.15, 0.2) is 0 Å². The molecule has 3 nitrogen and oxygen atoms in total. The van der Waals surface area contributed by atoms with Crippen LogP contribution in [0.3, 0.4) is 0 Å². The van der Waals surface area contributed by atoms with E-state index in [0.29, 0.717) is 6.04 Å². The Hall–Kier alpha value is -0.120. The van der Waals surface area contributed by atoms with Gasteiger partial charge in [-0.3, -0.25) is 4.90 Å².